The minimum absolute atomic E-state index is 0.526. The van der Waals surface area contributed by atoms with Crippen molar-refractivity contribution in [1.29, 1.82) is 5.26 Å². The summed E-state index contributed by atoms with van der Waals surface area (Å²) in [4.78, 5) is 5.42. The van der Waals surface area contributed by atoms with Crippen molar-refractivity contribution in [1.82, 2.24) is 10.0 Å². The van der Waals surface area contributed by atoms with Crippen LogP contribution in [0.2, 0.25) is 0 Å². The second-order valence-electron chi connectivity index (χ2n) is 4.41. The molecule has 0 saturated carbocycles. The highest BCUT2D eigenvalue weighted by atomic mass is 16.6. The molecule has 0 spiro atoms. The molecule has 0 atom stereocenters. The molecule has 1 heterocycles. The van der Waals surface area contributed by atoms with Gasteiger partial charge < -0.3 is 4.57 Å². The fourth-order valence-electron chi connectivity index (χ4n) is 1.89. The molecular weight excluding hydrogens is 238 g/mol. The van der Waals surface area contributed by atoms with E-state index in [0.29, 0.717) is 18.8 Å². The van der Waals surface area contributed by atoms with Gasteiger partial charge in [0.15, 0.2) is 0 Å². The Bertz CT molecular complexity index is 581. The van der Waals surface area contributed by atoms with Crippen LogP contribution in [-0.2, 0) is 25.0 Å². The molecule has 0 bridgehead atoms. The summed E-state index contributed by atoms with van der Waals surface area (Å²) in [5.74, 6) is 0. The van der Waals surface area contributed by atoms with Gasteiger partial charge in [-0.2, -0.15) is 10.7 Å². The zero-order valence-electron chi connectivity index (χ0n) is 11.2. The number of hydrogen-bond donors (Lipinski definition) is 1. The molecule has 0 aliphatic rings. The Morgan fingerprint density at radius 3 is 2.68 bits per heavy atom. The minimum Gasteiger partial charge on any atom is -0.340 e. The molecule has 0 amide bonds. The summed E-state index contributed by atoms with van der Waals surface area (Å²) in [5.41, 5.74) is 6.87. The summed E-state index contributed by atoms with van der Waals surface area (Å²) in [6, 6.07) is 14.0. The lowest BCUT2D eigenvalue weighted by atomic mass is 10.2. The molecule has 0 unspecified atom stereocenters. The summed E-state index contributed by atoms with van der Waals surface area (Å²) in [7, 11) is 1.89. The number of benzene rings is 1. The Balaban J connectivity index is 1.85. The first-order valence-corrected chi connectivity index (χ1v) is 6.16. The summed E-state index contributed by atoms with van der Waals surface area (Å²) in [6.07, 6.45) is 0. The fourth-order valence-corrected chi connectivity index (χ4v) is 1.89. The molecule has 0 aliphatic heterocycles. The second-order valence-corrected chi connectivity index (χ2v) is 4.41. The van der Waals surface area contributed by atoms with Crippen LogP contribution in [0.25, 0.3) is 0 Å². The lowest BCUT2D eigenvalue weighted by Crippen LogP contribution is -2.14. The highest BCUT2D eigenvalue weighted by Gasteiger charge is 2.07. The van der Waals surface area contributed by atoms with Gasteiger partial charge in [0.1, 0.15) is 11.8 Å². The van der Waals surface area contributed by atoms with Crippen LogP contribution in [0.3, 0.4) is 0 Å². The Hall–Kier alpha value is -2.09. The maximum Gasteiger partial charge on any atom is 0.120 e. The first-order chi connectivity index (χ1) is 9.22. The third-order valence-corrected chi connectivity index (χ3v) is 3.20. The lowest BCUT2D eigenvalue weighted by Gasteiger charge is -2.06. The van der Waals surface area contributed by atoms with Crippen LogP contribution in [0.1, 0.15) is 22.5 Å². The highest BCUT2D eigenvalue weighted by molar-refractivity contribution is 5.33. The first-order valence-electron chi connectivity index (χ1n) is 6.16. The predicted molar refractivity (Wildman–Crippen MR) is 72.9 cm³/mol. The van der Waals surface area contributed by atoms with Crippen LogP contribution in [0.5, 0.6) is 0 Å². The summed E-state index contributed by atoms with van der Waals surface area (Å²) in [5, 5.41) is 8.95. The maximum atomic E-state index is 8.95. The van der Waals surface area contributed by atoms with Gasteiger partial charge in [-0.3, -0.25) is 4.84 Å². The van der Waals surface area contributed by atoms with Crippen molar-refractivity contribution in [2.75, 3.05) is 0 Å². The summed E-state index contributed by atoms with van der Waals surface area (Å²) >= 11 is 0. The molecule has 2 rings (SSSR count). The Morgan fingerprint density at radius 1 is 1.32 bits per heavy atom. The maximum absolute atomic E-state index is 8.95. The molecule has 19 heavy (non-hydrogen) atoms. The van der Waals surface area contributed by atoms with E-state index in [4.69, 9.17) is 10.1 Å². The van der Waals surface area contributed by atoms with Crippen LogP contribution in [0.15, 0.2) is 36.4 Å². The van der Waals surface area contributed by atoms with E-state index in [9.17, 15) is 0 Å². The SMILES string of the molecule is Cc1c(CNOCc2ccccc2)cc(C#N)n1C. The molecule has 0 saturated heterocycles. The van der Waals surface area contributed by atoms with E-state index in [2.05, 4.69) is 11.5 Å². The number of rotatable bonds is 5. The van der Waals surface area contributed by atoms with E-state index in [0.717, 1.165) is 16.8 Å². The predicted octanol–water partition coefficient (Wildman–Crippen LogP) is 2.43. The Morgan fingerprint density at radius 2 is 2.05 bits per heavy atom. The van der Waals surface area contributed by atoms with E-state index < -0.39 is 0 Å². The van der Waals surface area contributed by atoms with E-state index in [-0.39, 0.29) is 0 Å². The Kier molecular flexibility index (Phi) is 4.35. The molecule has 0 fully saturated rings. The Labute approximate surface area is 113 Å². The van der Waals surface area contributed by atoms with Crippen LogP contribution in [-0.4, -0.2) is 4.57 Å². The molecule has 98 valence electrons. The smallest absolute Gasteiger partial charge is 0.120 e. The molecule has 2 aromatic rings. The monoisotopic (exact) mass is 255 g/mol. The highest BCUT2D eigenvalue weighted by Crippen LogP contribution is 2.13. The largest absolute Gasteiger partial charge is 0.340 e. The number of hydrogen-bond acceptors (Lipinski definition) is 3. The van der Waals surface area contributed by atoms with E-state index in [1.165, 1.54) is 0 Å². The van der Waals surface area contributed by atoms with Gasteiger partial charge in [-0.15, -0.1) is 0 Å². The average molecular weight is 255 g/mol. The van der Waals surface area contributed by atoms with Gasteiger partial charge in [0, 0.05) is 19.3 Å². The molecule has 1 aromatic heterocycles. The molecular formula is C15H17N3O. The lowest BCUT2D eigenvalue weighted by molar-refractivity contribution is 0.0234. The van der Waals surface area contributed by atoms with Crippen LogP contribution >= 0.6 is 0 Å². The van der Waals surface area contributed by atoms with Gasteiger partial charge in [-0.1, -0.05) is 30.3 Å². The summed E-state index contributed by atoms with van der Waals surface area (Å²) < 4.78 is 1.88. The average Bonchev–Trinajstić information content (AvgIpc) is 2.72. The standard InChI is InChI=1S/C15H17N3O/c1-12-14(8-15(9-16)18(12)2)10-17-19-11-13-6-4-3-5-7-13/h3-8,17H,10-11H2,1-2H3. The van der Waals surface area contributed by atoms with Crippen LogP contribution in [0, 0.1) is 18.3 Å². The van der Waals surface area contributed by atoms with Gasteiger partial charge in [0.2, 0.25) is 0 Å². The first kappa shape index (κ1) is 13.3. The van der Waals surface area contributed by atoms with Gasteiger partial charge in [0.05, 0.1) is 6.61 Å². The van der Waals surface area contributed by atoms with Crippen molar-refractivity contribution >= 4 is 0 Å². The number of aromatic nitrogens is 1. The summed E-state index contributed by atoms with van der Waals surface area (Å²) in [6.45, 7) is 3.11. The molecule has 1 N–H and O–H groups in total. The fraction of sp³-hybridized carbons (Fsp3) is 0.267. The number of nitriles is 1. The zero-order chi connectivity index (χ0) is 13.7. The van der Waals surface area contributed by atoms with Gasteiger partial charge in [-0.25, -0.2) is 0 Å². The van der Waals surface area contributed by atoms with Crippen molar-refractivity contribution < 1.29 is 4.84 Å². The van der Waals surface area contributed by atoms with E-state index in [1.807, 2.05) is 54.9 Å². The van der Waals surface area contributed by atoms with Crippen molar-refractivity contribution in [3.8, 4) is 6.07 Å². The van der Waals surface area contributed by atoms with Crippen molar-refractivity contribution in [2.45, 2.75) is 20.1 Å². The van der Waals surface area contributed by atoms with Crippen molar-refractivity contribution in [3.05, 3.63) is 58.9 Å². The molecule has 4 nitrogen and oxygen atoms in total. The molecule has 4 heteroatoms. The van der Waals surface area contributed by atoms with Gasteiger partial charge in [-0.05, 0) is 24.1 Å². The number of hydroxylamine groups is 1. The van der Waals surface area contributed by atoms with Crippen molar-refractivity contribution in [3.63, 3.8) is 0 Å². The zero-order valence-corrected chi connectivity index (χ0v) is 11.2. The van der Waals surface area contributed by atoms with Gasteiger partial charge >= 0.3 is 0 Å². The molecule has 1 aromatic carbocycles. The molecule has 0 radical (unpaired) electrons. The third-order valence-electron chi connectivity index (χ3n) is 3.20. The van der Waals surface area contributed by atoms with Crippen LogP contribution in [0.4, 0.5) is 0 Å². The minimum atomic E-state index is 0.526. The second kappa shape index (κ2) is 6.19. The third kappa shape index (κ3) is 3.22. The number of nitrogens with one attached hydrogen (secondary N) is 1. The normalized spacial score (nSPS) is 10.4. The quantitative estimate of drug-likeness (QED) is 0.659. The van der Waals surface area contributed by atoms with E-state index >= 15 is 0 Å². The number of nitrogens with zero attached hydrogens (tertiary/aromatic N) is 2. The molecule has 0 aliphatic carbocycles. The van der Waals surface area contributed by atoms with Crippen molar-refractivity contribution in [2.24, 2.45) is 7.05 Å². The van der Waals surface area contributed by atoms with E-state index in [1.54, 1.807) is 0 Å². The topological polar surface area (TPSA) is 50.0 Å². The van der Waals surface area contributed by atoms with Gasteiger partial charge in [0.25, 0.3) is 0 Å². The van der Waals surface area contributed by atoms with Crippen LogP contribution < -0.4 is 5.48 Å².